The van der Waals surface area contributed by atoms with Crippen LogP contribution in [0.3, 0.4) is 0 Å². The number of aldehydes is 1. The number of nitrogens with one attached hydrogen (secondary N) is 2. The minimum absolute atomic E-state index is 0.00480. The highest BCUT2D eigenvalue weighted by Gasteiger charge is 2.41. The molecule has 15 heteroatoms. The van der Waals surface area contributed by atoms with Gasteiger partial charge in [-0.1, -0.05) is 46.4 Å². The predicted octanol–water partition coefficient (Wildman–Crippen LogP) is 5.84. The number of likely N-dealkylation sites (N-methyl/N-ethyl adjacent to an activating group) is 2. The molecule has 1 fully saturated rings. The van der Waals surface area contributed by atoms with E-state index in [1.807, 2.05) is 32.0 Å². The normalized spacial score (nSPS) is 19.2. The Kier molecular flexibility index (Phi) is 15.9. The molecule has 6 bridgehead atoms. The summed E-state index contributed by atoms with van der Waals surface area (Å²) in [4.78, 5) is 75.4. The second kappa shape index (κ2) is 21.2. The van der Waals surface area contributed by atoms with Gasteiger partial charge in [0.1, 0.15) is 29.7 Å². The number of ether oxygens (including phenoxy) is 2. The number of hydrogen-bond acceptors (Lipinski definition) is 10. The zero-order valence-electron chi connectivity index (χ0n) is 39.8. The van der Waals surface area contributed by atoms with E-state index >= 15 is 0 Å². The van der Waals surface area contributed by atoms with Crippen LogP contribution >= 0.6 is 0 Å². The molecule has 2 aromatic carbocycles. The Hall–Kier alpha value is -5.90. The van der Waals surface area contributed by atoms with E-state index in [-0.39, 0.29) is 49.5 Å². The molecule has 66 heavy (non-hydrogen) atoms. The fraction of sp³-hybridized carbons (Fsp3) is 0.490. The maximum atomic E-state index is 14.8. The van der Waals surface area contributed by atoms with E-state index in [2.05, 4.69) is 60.9 Å². The number of carbonyl (C=O) groups excluding carboxylic acids is 5. The van der Waals surface area contributed by atoms with Gasteiger partial charge in [0.15, 0.2) is 0 Å². The van der Waals surface area contributed by atoms with Gasteiger partial charge >= 0.3 is 0 Å². The van der Waals surface area contributed by atoms with Gasteiger partial charge in [-0.15, -0.1) is 0 Å². The molecule has 3 N–H and O–H groups in total. The van der Waals surface area contributed by atoms with E-state index < -0.39 is 34.9 Å². The molecule has 4 heterocycles. The summed E-state index contributed by atoms with van der Waals surface area (Å²) < 4.78 is 14.4. The number of aromatic hydroxyl groups is 1. The standard InChI is InChI=1S/C51H67N7O8/c1-10-44(61)55(7)21-13-16-45(62)56(8)46(33(3)4)48(63)53-41-25-34-23-36(26-37(60)24-34)35-17-18-43-39(27-35)40(47(57(43)11-2)38-15-12-20-52-42(38)29-65-9)28-50(5,6)31-66-32-51(30-59)19-14-22-58(54-51)49(41)64/h10,12,15,17-18,20,23-24,26-27,30,33,41,46,54,60H,1,11,13-14,16,19,21-22,25,28-29,31-32H2,2-9H3,(H,53,63)/t41-,46-,51?/m0/s1. The van der Waals surface area contributed by atoms with Crippen molar-refractivity contribution in [2.24, 2.45) is 11.3 Å². The SMILES string of the molecule is C=CC(=O)N(C)CCCC(=O)N(C)[C@H](C(=O)N[C@H]1Cc2cc(O)cc(c2)-c2ccc3c(c2)c(c(-c2cccnc2COC)n3CC)CC(C)(C)COCC2(C=O)CCCN(N2)C1=O)C(C)C. The number of hydrogen-bond donors (Lipinski definition) is 3. The third-order valence-corrected chi connectivity index (χ3v) is 12.8. The molecular weight excluding hydrogens is 839 g/mol. The molecule has 15 nitrogen and oxygen atoms in total. The maximum absolute atomic E-state index is 14.8. The fourth-order valence-electron chi connectivity index (χ4n) is 9.52. The van der Waals surface area contributed by atoms with Crippen LogP contribution in [0.15, 0.2) is 67.4 Å². The average Bonchev–Trinajstić information content (AvgIpc) is 3.58. The monoisotopic (exact) mass is 906 g/mol. The summed E-state index contributed by atoms with van der Waals surface area (Å²) in [6.45, 7) is 15.5. The van der Waals surface area contributed by atoms with E-state index in [1.54, 1.807) is 39.5 Å². The van der Waals surface area contributed by atoms with Crippen molar-refractivity contribution in [2.75, 3.05) is 47.5 Å². The number of fused-ring (bicyclic) bond motifs is 6. The van der Waals surface area contributed by atoms with Crippen molar-refractivity contribution in [1.82, 2.24) is 35.1 Å². The van der Waals surface area contributed by atoms with Gasteiger partial charge in [0, 0.05) is 76.3 Å². The number of nitrogens with zero attached hydrogens (tertiary/aromatic N) is 5. The Labute approximate surface area is 388 Å². The average molecular weight is 906 g/mol. The first-order chi connectivity index (χ1) is 31.4. The summed E-state index contributed by atoms with van der Waals surface area (Å²) >= 11 is 0. The number of phenolic OH excluding ortho intramolecular Hbond substituents is 1. The molecule has 2 aromatic heterocycles. The van der Waals surface area contributed by atoms with Gasteiger partial charge in [-0.2, -0.15) is 0 Å². The molecule has 2 aliphatic rings. The van der Waals surface area contributed by atoms with Crippen molar-refractivity contribution in [1.29, 1.82) is 0 Å². The molecule has 3 atom stereocenters. The summed E-state index contributed by atoms with van der Waals surface area (Å²) in [5.74, 6) is -1.89. The smallest absolute Gasteiger partial charge is 0.259 e. The van der Waals surface area contributed by atoms with Crippen LogP contribution in [0.1, 0.15) is 77.1 Å². The molecular formula is C51H67N7O8. The van der Waals surface area contributed by atoms with Crippen molar-refractivity contribution >= 4 is 40.8 Å². The number of carbonyl (C=O) groups is 5. The summed E-state index contributed by atoms with van der Waals surface area (Å²) in [5.41, 5.74) is 8.66. The number of aromatic nitrogens is 2. The van der Waals surface area contributed by atoms with Crippen LogP contribution in [0.4, 0.5) is 0 Å². The van der Waals surface area contributed by atoms with Gasteiger partial charge in [0.05, 0.1) is 31.2 Å². The highest BCUT2D eigenvalue weighted by atomic mass is 16.5. The number of pyridine rings is 1. The van der Waals surface area contributed by atoms with E-state index in [9.17, 15) is 29.1 Å². The number of benzene rings is 2. The first-order valence-electron chi connectivity index (χ1n) is 22.9. The van der Waals surface area contributed by atoms with Crippen molar-refractivity contribution < 1.29 is 38.6 Å². The molecule has 2 aliphatic heterocycles. The number of phenols is 1. The molecule has 0 spiro atoms. The van der Waals surface area contributed by atoms with Crippen molar-refractivity contribution in [3.05, 3.63) is 84.2 Å². The van der Waals surface area contributed by atoms with Crippen LogP contribution in [0.25, 0.3) is 33.3 Å². The van der Waals surface area contributed by atoms with Crippen LogP contribution in [-0.2, 0) is 59.4 Å². The molecule has 1 unspecified atom stereocenters. The largest absolute Gasteiger partial charge is 0.508 e. The van der Waals surface area contributed by atoms with Crippen molar-refractivity contribution in [3.8, 4) is 28.1 Å². The molecule has 6 rings (SSSR count). The van der Waals surface area contributed by atoms with Crippen LogP contribution in [0, 0.1) is 11.3 Å². The van der Waals surface area contributed by atoms with E-state index in [0.717, 1.165) is 45.3 Å². The van der Waals surface area contributed by atoms with E-state index in [0.29, 0.717) is 63.1 Å². The second-order valence-electron chi connectivity index (χ2n) is 19.0. The van der Waals surface area contributed by atoms with Crippen LogP contribution < -0.4 is 10.7 Å². The molecule has 1 saturated heterocycles. The van der Waals surface area contributed by atoms with Gasteiger partial charge < -0.3 is 39.1 Å². The minimum atomic E-state index is -1.22. The fourth-order valence-corrected chi connectivity index (χ4v) is 9.52. The zero-order valence-corrected chi connectivity index (χ0v) is 39.8. The predicted molar refractivity (Wildman–Crippen MR) is 254 cm³/mol. The molecule has 0 radical (unpaired) electrons. The molecule has 0 aliphatic carbocycles. The van der Waals surface area contributed by atoms with Gasteiger partial charge in [-0.05, 0) is 109 Å². The lowest BCUT2D eigenvalue weighted by molar-refractivity contribution is -0.148. The summed E-state index contributed by atoms with van der Waals surface area (Å²) in [6.07, 6.45) is 5.79. The molecule has 0 saturated carbocycles. The number of amides is 4. The quantitative estimate of drug-likeness (QED) is 0.103. The minimum Gasteiger partial charge on any atom is -0.508 e. The lowest BCUT2D eigenvalue weighted by Crippen LogP contribution is -2.66. The lowest BCUT2D eigenvalue weighted by Gasteiger charge is -2.42. The Morgan fingerprint density at radius 2 is 1.89 bits per heavy atom. The second-order valence-corrected chi connectivity index (χ2v) is 19.0. The number of rotatable bonds is 14. The van der Waals surface area contributed by atoms with Gasteiger partial charge in [0.2, 0.25) is 17.7 Å². The highest BCUT2D eigenvalue weighted by molar-refractivity contribution is 5.96. The van der Waals surface area contributed by atoms with Crippen molar-refractivity contribution in [3.63, 3.8) is 0 Å². The third-order valence-electron chi connectivity index (χ3n) is 12.8. The third kappa shape index (κ3) is 11.0. The first kappa shape index (κ1) is 49.5. The van der Waals surface area contributed by atoms with Crippen LogP contribution in [0.2, 0.25) is 0 Å². The maximum Gasteiger partial charge on any atom is 0.259 e. The Balaban J connectivity index is 1.43. The van der Waals surface area contributed by atoms with Crippen LogP contribution in [0.5, 0.6) is 5.75 Å². The lowest BCUT2D eigenvalue weighted by atomic mass is 9.84. The molecule has 4 aromatic rings. The Morgan fingerprint density at radius 3 is 2.59 bits per heavy atom. The topological polar surface area (TPSA) is 176 Å². The Morgan fingerprint density at radius 1 is 1.12 bits per heavy atom. The van der Waals surface area contributed by atoms with E-state index in [1.165, 1.54) is 20.9 Å². The van der Waals surface area contributed by atoms with Crippen molar-refractivity contribution in [2.45, 2.75) is 104 Å². The van der Waals surface area contributed by atoms with Crippen LogP contribution in [-0.4, -0.2) is 125 Å². The number of hydrazine groups is 1. The molecule has 354 valence electrons. The van der Waals surface area contributed by atoms with Gasteiger partial charge in [-0.25, -0.2) is 5.43 Å². The molecule has 4 amide bonds. The first-order valence-corrected chi connectivity index (χ1v) is 22.9. The van der Waals surface area contributed by atoms with Gasteiger partial charge in [-0.3, -0.25) is 29.2 Å². The number of aryl methyl sites for hydroxylation is 1. The highest BCUT2D eigenvalue weighted by Crippen LogP contribution is 2.41. The summed E-state index contributed by atoms with van der Waals surface area (Å²) in [5, 5.41) is 16.7. The zero-order chi connectivity index (χ0) is 47.9. The number of methoxy groups -OCH3 is 1. The van der Waals surface area contributed by atoms with E-state index in [4.69, 9.17) is 14.5 Å². The summed E-state index contributed by atoms with van der Waals surface area (Å²) in [6, 6.07) is 13.4. The summed E-state index contributed by atoms with van der Waals surface area (Å²) in [7, 11) is 4.86. The Bertz CT molecular complexity index is 2450. The van der Waals surface area contributed by atoms with Gasteiger partial charge in [0.25, 0.3) is 5.91 Å².